The number of unbranched alkanes of at least 4 members (excludes halogenated alkanes) is 2. The predicted molar refractivity (Wildman–Crippen MR) is 163 cm³/mol. The summed E-state index contributed by atoms with van der Waals surface area (Å²) in [7, 11) is 0. The zero-order valence-corrected chi connectivity index (χ0v) is 27.2. The molecule has 0 radical (unpaired) electrons. The van der Waals surface area contributed by atoms with Gasteiger partial charge in [0.1, 0.15) is 5.60 Å². The highest BCUT2D eigenvalue weighted by atomic mass is 16.6. The van der Waals surface area contributed by atoms with Gasteiger partial charge in [0.15, 0.2) is 0 Å². The minimum Gasteiger partial charge on any atom is -0.460 e. The van der Waals surface area contributed by atoms with E-state index in [4.69, 9.17) is 42.6 Å². The summed E-state index contributed by atoms with van der Waals surface area (Å²) in [5, 5.41) is 5.42. The van der Waals surface area contributed by atoms with Gasteiger partial charge in [-0.15, -0.1) is 0 Å². The van der Waals surface area contributed by atoms with Gasteiger partial charge >= 0.3 is 5.97 Å². The van der Waals surface area contributed by atoms with Crippen molar-refractivity contribution in [2.24, 2.45) is 0 Å². The van der Waals surface area contributed by atoms with Gasteiger partial charge in [0.05, 0.1) is 112 Å². The van der Waals surface area contributed by atoms with E-state index in [0.717, 1.165) is 19.3 Å². The first kappa shape index (κ1) is 42.1. The third-order valence-corrected chi connectivity index (χ3v) is 5.35. The summed E-state index contributed by atoms with van der Waals surface area (Å²) in [5.41, 5.74) is -0.477. The molecule has 0 heterocycles. The number of nitrogens with one attached hydrogen (secondary N) is 2. The molecule has 0 aliphatic rings. The average molecular weight is 639 g/mol. The largest absolute Gasteiger partial charge is 0.460 e. The molecule has 0 aliphatic heterocycles. The molecule has 0 saturated carbocycles. The van der Waals surface area contributed by atoms with Gasteiger partial charge in [-0.3, -0.25) is 14.4 Å². The second kappa shape index (κ2) is 32.5. The van der Waals surface area contributed by atoms with E-state index in [1.165, 1.54) is 0 Å². The third kappa shape index (κ3) is 36.3. The molecule has 0 bridgehead atoms. The van der Waals surface area contributed by atoms with E-state index in [9.17, 15) is 14.4 Å². The van der Waals surface area contributed by atoms with Gasteiger partial charge in [-0.25, -0.2) is 0 Å². The van der Waals surface area contributed by atoms with E-state index < -0.39 is 5.60 Å². The summed E-state index contributed by atoms with van der Waals surface area (Å²) < 4.78 is 48.6. The van der Waals surface area contributed by atoms with Crippen LogP contribution in [0.2, 0.25) is 0 Å². The van der Waals surface area contributed by atoms with Gasteiger partial charge in [0.2, 0.25) is 12.3 Å². The SMILES string of the molecule is CC(C)(C)OC(=O)CCOCCOCCOCCOCCOCCOCCOCCOCCNC(=O)CCCCCNC=O. The van der Waals surface area contributed by atoms with Crippen LogP contribution in [0.4, 0.5) is 0 Å². The maximum atomic E-state index is 11.7. The molecule has 0 aromatic heterocycles. The topological polar surface area (TPSA) is 158 Å². The Morgan fingerprint density at radius 3 is 1.34 bits per heavy atom. The zero-order valence-electron chi connectivity index (χ0n) is 27.2. The van der Waals surface area contributed by atoms with Gasteiger partial charge < -0.3 is 53.3 Å². The Kier molecular flexibility index (Phi) is 31.1. The van der Waals surface area contributed by atoms with Gasteiger partial charge in [-0.2, -0.15) is 0 Å². The van der Waals surface area contributed by atoms with Crippen LogP contribution in [0.25, 0.3) is 0 Å². The normalized spacial score (nSPS) is 11.4. The Labute approximate surface area is 263 Å². The molecule has 2 amide bonds. The number of amides is 2. The number of hydrogen-bond acceptors (Lipinski definition) is 12. The number of rotatable bonds is 34. The van der Waals surface area contributed by atoms with Gasteiger partial charge in [-0.05, 0) is 33.6 Å². The maximum absolute atomic E-state index is 11.7. The van der Waals surface area contributed by atoms with Crippen molar-refractivity contribution in [2.75, 3.05) is 119 Å². The van der Waals surface area contributed by atoms with Crippen LogP contribution in [0.1, 0.15) is 52.9 Å². The van der Waals surface area contributed by atoms with Crippen LogP contribution < -0.4 is 10.6 Å². The van der Waals surface area contributed by atoms with Crippen LogP contribution >= 0.6 is 0 Å². The lowest BCUT2D eigenvalue weighted by atomic mass is 10.2. The van der Waals surface area contributed by atoms with Crippen LogP contribution in [0.3, 0.4) is 0 Å². The van der Waals surface area contributed by atoms with Crippen molar-refractivity contribution in [3.05, 3.63) is 0 Å². The molecule has 0 fully saturated rings. The summed E-state index contributed by atoms with van der Waals surface area (Å²) in [4.78, 5) is 33.4. The standard InChI is InChI=1S/C30H58N2O12/c1-30(2,3)44-29(35)8-11-36-13-15-38-17-19-40-21-23-42-25-26-43-24-22-41-20-18-39-16-14-37-12-10-32-28(34)7-5-4-6-9-31-27-33/h27H,4-26H2,1-3H3,(H,31,33)(H,32,34). The average Bonchev–Trinajstić information content (AvgIpc) is 2.97. The van der Waals surface area contributed by atoms with E-state index in [0.29, 0.717) is 132 Å². The van der Waals surface area contributed by atoms with Crippen molar-refractivity contribution in [3.8, 4) is 0 Å². The number of esters is 1. The first-order valence-electron chi connectivity index (χ1n) is 15.6. The molecule has 0 aromatic carbocycles. The first-order valence-corrected chi connectivity index (χ1v) is 15.6. The minimum absolute atomic E-state index is 0.0137. The molecule has 14 nitrogen and oxygen atoms in total. The molecule has 44 heavy (non-hydrogen) atoms. The van der Waals surface area contributed by atoms with E-state index >= 15 is 0 Å². The lowest BCUT2D eigenvalue weighted by Crippen LogP contribution is -2.27. The first-order chi connectivity index (χ1) is 21.3. The molecule has 14 heteroatoms. The maximum Gasteiger partial charge on any atom is 0.308 e. The highest BCUT2D eigenvalue weighted by molar-refractivity contribution is 5.75. The third-order valence-electron chi connectivity index (χ3n) is 5.35. The summed E-state index contributed by atoms with van der Waals surface area (Å²) in [6.07, 6.45) is 3.98. The Hall–Kier alpha value is -1.91. The zero-order chi connectivity index (χ0) is 32.4. The number of carbonyl (C=O) groups is 3. The Morgan fingerprint density at radius 2 is 0.932 bits per heavy atom. The predicted octanol–water partition coefficient (Wildman–Crippen LogP) is 1.27. The smallest absolute Gasteiger partial charge is 0.308 e. The molecule has 2 N–H and O–H groups in total. The number of hydrogen-bond donors (Lipinski definition) is 2. The molecule has 0 aliphatic carbocycles. The number of carbonyl (C=O) groups excluding carboxylic acids is 3. The van der Waals surface area contributed by atoms with Crippen LogP contribution in [0.5, 0.6) is 0 Å². The van der Waals surface area contributed by atoms with Crippen molar-refractivity contribution in [1.29, 1.82) is 0 Å². The fourth-order valence-electron chi connectivity index (χ4n) is 3.29. The molecule has 0 unspecified atom stereocenters. The molecule has 0 saturated heterocycles. The van der Waals surface area contributed by atoms with Crippen molar-refractivity contribution < 1.29 is 57.0 Å². The second-order valence-electron chi connectivity index (χ2n) is 10.5. The van der Waals surface area contributed by atoms with Crippen molar-refractivity contribution >= 4 is 18.3 Å². The summed E-state index contributed by atoms with van der Waals surface area (Å²) >= 11 is 0. The summed E-state index contributed by atoms with van der Waals surface area (Å²) in [5.74, 6) is -0.255. The monoisotopic (exact) mass is 638 g/mol. The molecule has 0 spiro atoms. The van der Waals surface area contributed by atoms with Crippen molar-refractivity contribution in [2.45, 2.75) is 58.5 Å². The molecule has 260 valence electrons. The molecule has 0 atom stereocenters. The fourth-order valence-corrected chi connectivity index (χ4v) is 3.29. The van der Waals surface area contributed by atoms with Crippen LogP contribution in [-0.4, -0.2) is 143 Å². The summed E-state index contributed by atoms with van der Waals surface area (Å²) in [6.45, 7) is 13.9. The van der Waals surface area contributed by atoms with Crippen molar-refractivity contribution in [1.82, 2.24) is 10.6 Å². The Balaban J connectivity index is 3.15. The van der Waals surface area contributed by atoms with E-state index in [1.807, 2.05) is 20.8 Å². The van der Waals surface area contributed by atoms with Gasteiger partial charge in [0.25, 0.3) is 0 Å². The molecular weight excluding hydrogens is 580 g/mol. The lowest BCUT2D eigenvalue weighted by molar-refractivity contribution is -0.156. The Morgan fingerprint density at radius 1 is 0.523 bits per heavy atom. The molecular formula is C30H58N2O12. The fraction of sp³-hybridized carbons (Fsp3) is 0.900. The highest BCUT2D eigenvalue weighted by Gasteiger charge is 2.15. The summed E-state index contributed by atoms with van der Waals surface area (Å²) in [6, 6.07) is 0. The van der Waals surface area contributed by atoms with Crippen LogP contribution in [-0.2, 0) is 57.0 Å². The quantitative estimate of drug-likeness (QED) is 0.0592. The highest BCUT2D eigenvalue weighted by Crippen LogP contribution is 2.08. The van der Waals surface area contributed by atoms with Crippen LogP contribution in [0, 0.1) is 0 Å². The van der Waals surface area contributed by atoms with Gasteiger partial charge in [-0.1, -0.05) is 6.42 Å². The lowest BCUT2D eigenvalue weighted by Gasteiger charge is -2.19. The van der Waals surface area contributed by atoms with Crippen molar-refractivity contribution in [3.63, 3.8) is 0 Å². The van der Waals surface area contributed by atoms with Crippen LogP contribution in [0.15, 0.2) is 0 Å². The Bertz CT molecular complexity index is 664. The molecule has 0 aromatic rings. The molecule has 0 rings (SSSR count). The van der Waals surface area contributed by atoms with E-state index in [-0.39, 0.29) is 18.3 Å². The minimum atomic E-state index is -0.477. The number of ether oxygens (including phenoxy) is 9. The second-order valence-corrected chi connectivity index (χ2v) is 10.5. The van der Waals surface area contributed by atoms with E-state index in [1.54, 1.807) is 0 Å². The van der Waals surface area contributed by atoms with Gasteiger partial charge in [0, 0.05) is 19.5 Å². The van der Waals surface area contributed by atoms with E-state index in [2.05, 4.69) is 10.6 Å².